The summed E-state index contributed by atoms with van der Waals surface area (Å²) < 4.78 is 0. The molecule has 20 heavy (non-hydrogen) atoms. The molecule has 0 radical (unpaired) electrons. The van der Waals surface area contributed by atoms with Crippen molar-refractivity contribution in [3.63, 3.8) is 0 Å². The number of nitrogens with two attached hydrogens (primary N) is 1. The van der Waals surface area contributed by atoms with E-state index in [4.69, 9.17) is 10.7 Å². The largest absolute Gasteiger partial charge is 0.384 e. The minimum atomic E-state index is -0.0750. The van der Waals surface area contributed by atoms with E-state index in [1.807, 2.05) is 6.07 Å². The third kappa shape index (κ3) is 3.62. The highest BCUT2D eigenvalue weighted by Gasteiger charge is 2.22. The zero-order chi connectivity index (χ0) is 14.8. The first-order valence-electron chi connectivity index (χ1n) is 7.76. The molecule has 1 aliphatic rings. The molecule has 0 aliphatic heterocycles. The molecule has 1 saturated carbocycles. The molecule has 0 unspecified atom stereocenters. The standard InChI is InChI=1S/C16H28N4/c1-16(2,3)15-18-13(17)11-14(19-15)20(4)12-9-7-5-6-8-10-12/h11-12H,5-10H2,1-4H3,(H2,17,18,19). The van der Waals surface area contributed by atoms with E-state index in [-0.39, 0.29) is 5.41 Å². The molecule has 1 aliphatic carbocycles. The van der Waals surface area contributed by atoms with Gasteiger partial charge < -0.3 is 10.6 Å². The van der Waals surface area contributed by atoms with E-state index in [9.17, 15) is 0 Å². The molecule has 0 aromatic carbocycles. The summed E-state index contributed by atoms with van der Waals surface area (Å²) >= 11 is 0. The van der Waals surface area contributed by atoms with Crippen LogP contribution >= 0.6 is 0 Å². The monoisotopic (exact) mass is 276 g/mol. The molecule has 1 fully saturated rings. The fourth-order valence-corrected chi connectivity index (χ4v) is 2.80. The fourth-order valence-electron chi connectivity index (χ4n) is 2.80. The van der Waals surface area contributed by atoms with Crippen LogP contribution in [-0.4, -0.2) is 23.1 Å². The van der Waals surface area contributed by atoms with Gasteiger partial charge in [0, 0.05) is 24.6 Å². The third-order valence-corrected chi connectivity index (χ3v) is 4.14. The number of anilines is 2. The summed E-state index contributed by atoms with van der Waals surface area (Å²) in [5.74, 6) is 2.36. The van der Waals surface area contributed by atoms with Gasteiger partial charge in [-0.15, -0.1) is 0 Å². The van der Waals surface area contributed by atoms with Crippen molar-refractivity contribution in [1.82, 2.24) is 9.97 Å². The second-order valence-electron chi connectivity index (χ2n) is 6.98. The summed E-state index contributed by atoms with van der Waals surface area (Å²) in [6.07, 6.45) is 7.88. The van der Waals surface area contributed by atoms with Crippen LogP contribution in [0.3, 0.4) is 0 Å². The molecule has 1 aromatic rings. The Morgan fingerprint density at radius 2 is 1.70 bits per heavy atom. The average molecular weight is 276 g/mol. The van der Waals surface area contributed by atoms with Crippen LogP contribution in [0, 0.1) is 0 Å². The molecule has 2 rings (SSSR count). The number of aromatic nitrogens is 2. The summed E-state index contributed by atoms with van der Waals surface area (Å²) in [7, 11) is 2.14. The molecular formula is C16H28N4. The van der Waals surface area contributed by atoms with Crippen LogP contribution in [0.2, 0.25) is 0 Å². The molecule has 0 atom stereocenters. The first-order valence-corrected chi connectivity index (χ1v) is 7.76. The van der Waals surface area contributed by atoms with Gasteiger partial charge in [0.25, 0.3) is 0 Å². The topological polar surface area (TPSA) is 55.0 Å². The third-order valence-electron chi connectivity index (χ3n) is 4.14. The van der Waals surface area contributed by atoms with Crippen LogP contribution in [-0.2, 0) is 5.41 Å². The van der Waals surface area contributed by atoms with Gasteiger partial charge in [0.15, 0.2) is 0 Å². The van der Waals surface area contributed by atoms with E-state index < -0.39 is 0 Å². The predicted molar refractivity (Wildman–Crippen MR) is 85.0 cm³/mol. The second kappa shape index (κ2) is 5.98. The number of rotatable bonds is 2. The number of hydrogen-bond acceptors (Lipinski definition) is 4. The molecule has 0 saturated heterocycles. The molecule has 4 heteroatoms. The SMILES string of the molecule is CN(c1cc(N)nc(C(C)(C)C)n1)C1CCCCCC1. The van der Waals surface area contributed by atoms with Gasteiger partial charge in [-0.05, 0) is 12.8 Å². The molecule has 1 heterocycles. The lowest BCUT2D eigenvalue weighted by Crippen LogP contribution is -2.32. The summed E-state index contributed by atoms with van der Waals surface area (Å²) in [5, 5.41) is 0. The molecule has 0 spiro atoms. The van der Waals surface area contributed by atoms with E-state index in [1.165, 1.54) is 38.5 Å². The highest BCUT2D eigenvalue weighted by molar-refractivity contribution is 5.47. The van der Waals surface area contributed by atoms with E-state index >= 15 is 0 Å². The maximum absolute atomic E-state index is 5.98. The van der Waals surface area contributed by atoms with Crippen molar-refractivity contribution >= 4 is 11.6 Å². The second-order valence-corrected chi connectivity index (χ2v) is 6.98. The summed E-state index contributed by atoms with van der Waals surface area (Å²) in [6, 6.07) is 2.49. The Bertz CT molecular complexity index is 442. The van der Waals surface area contributed by atoms with Gasteiger partial charge in [-0.1, -0.05) is 46.5 Å². The molecule has 112 valence electrons. The number of nitrogen functional groups attached to an aromatic ring is 1. The Morgan fingerprint density at radius 3 is 2.25 bits per heavy atom. The number of hydrogen-bond donors (Lipinski definition) is 1. The Balaban J connectivity index is 2.24. The molecule has 1 aromatic heterocycles. The van der Waals surface area contributed by atoms with Gasteiger partial charge in [0.2, 0.25) is 0 Å². The van der Waals surface area contributed by atoms with Gasteiger partial charge in [-0.2, -0.15) is 0 Å². The van der Waals surface area contributed by atoms with Crippen LogP contribution in [0.4, 0.5) is 11.6 Å². The van der Waals surface area contributed by atoms with Crippen molar-refractivity contribution in [2.45, 2.75) is 70.8 Å². The van der Waals surface area contributed by atoms with E-state index in [0.29, 0.717) is 11.9 Å². The summed E-state index contributed by atoms with van der Waals surface area (Å²) in [4.78, 5) is 11.4. The first kappa shape index (κ1) is 15.1. The van der Waals surface area contributed by atoms with Crippen LogP contribution in [0.1, 0.15) is 65.1 Å². The lowest BCUT2D eigenvalue weighted by molar-refractivity contribution is 0.529. The normalized spacial score (nSPS) is 17.8. The smallest absolute Gasteiger partial charge is 0.138 e. The minimum absolute atomic E-state index is 0.0750. The fraction of sp³-hybridized carbons (Fsp3) is 0.750. The molecule has 4 nitrogen and oxygen atoms in total. The van der Waals surface area contributed by atoms with Gasteiger partial charge in [0.1, 0.15) is 17.5 Å². The van der Waals surface area contributed by atoms with Gasteiger partial charge >= 0.3 is 0 Å². The summed E-state index contributed by atoms with van der Waals surface area (Å²) in [5.41, 5.74) is 5.90. The Hall–Kier alpha value is -1.32. The van der Waals surface area contributed by atoms with Gasteiger partial charge in [0.05, 0.1) is 0 Å². The van der Waals surface area contributed by atoms with Gasteiger partial charge in [-0.25, -0.2) is 9.97 Å². The quantitative estimate of drug-likeness (QED) is 0.840. The van der Waals surface area contributed by atoms with Crippen molar-refractivity contribution in [3.8, 4) is 0 Å². The lowest BCUT2D eigenvalue weighted by Gasteiger charge is -2.29. The Labute approximate surface area is 122 Å². The van der Waals surface area contributed by atoms with Crippen LogP contribution in [0.25, 0.3) is 0 Å². The average Bonchev–Trinajstić information content (AvgIpc) is 2.65. The van der Waals surface area contributed by atoms with Crippen molar-refractivity contribution in [1.29, 1.82) is 0 Å². The van der Waals surface area contributed by atoms with Crippen LogP contribution in [0.15, 0.2) is 6.07 Å². The Kier molecular flexibility index (Phi) is 4.51. The zero-order valence-corrected chi connectivity index (χ0v) is 13.3. The van der Waals surface area contributed by atoms with Crippen molar-refractivity contribution in [2.75, 3.05) is 17.7 Å². The molecule has 0 amide bonds. The van der Waals surface area contributed by atoms with E-state index in [2.05, 4.69) is 37.7 Å². The maximum Gasteiger partial charge on any atom is 0.138 e. The molecule has 2 N–H and O–H groups in total. The van der Waals surface area contributed by atoms with Crippen LogP contribution in [0.5, 0.6) is 0 Å². The number of nitrogens with zero attached hydrogens (tertiary/aromatic N) is 3. The molecular weight excluding hydrogens is 248 g/mol. The van der Waals surface area contributed by atoms with E-state index in [0.717, 1.165) is 11.6 Å². The van der Waals surface area contributed by atoms with Crippen molar-refractivity contribution in [3.05, 3.63) is 11.9 Å². The van der Waals surface area contributed by atoms with Crippen molar-refractivity contribution < 1.29 is 0 Å². The minimum Gasteiger partial charge on any atom is -0.384 e. The van der Waals surface area contributed by atoms with Crippen molar-refractivity contribution in [2.24, 2.45) is 0 Å². The van der Waals surface area contributed by atoms with E-state index in [1.54, 1.807) is 0 Å². The highest BCUT2D eigenvalue weighted by atomic mass is 15.2. The maximum atomic E-state index is 5.98. The van der Waals surface area contributed by atoms with Crippen LogP contribution < -0.4 is 10.6 Å². The van der Waals surface area contributed by atoms with Gasteiger partial charge in [-0.3, -0.25) is 0 Å². The predicted octanol–water partition coefficient (Wildman–Crippen LogP) is 3.52. The Morgan fingerprint density at radius 1 is 1.10 bits per heavy atom. The summed E-state index contributed by atoms with van der Waals surface area (Å²) in [6.45, 7) is 6.37. The lowest BCUT2D eigenvalue weighted by atomic mass is 9.95. The molecule has 0 bridgehead atoms. The highest BCUT2D eigenvalue weighted by Crippen LogP contribution is 2.27. The zero-order valence-electron chi connectivity index (χ0n) is 13.3. The first-order chi connectivity index (χ1) is 9.38.